The molecule has 2 unspecified atom stereocenters. The lowest BCUT2D eigenvalue weighted by Crippen LogP contribution is -2.48. The van der Waals surface area contributed by atoms with Crippen LogP contribution in [0.2, 0.25) is 0 Å². The summed E-state index contributed by atoms with van der Waals surface area (Å²) >= 11 is 5.70. The van der Waals surface area contributed by atoms with E-state index < -0.39 is 18.0 Å². The van der Waals surface area contributed by atoms with E-state index >= 15 is 0 Å². The molecule has 0 bridgehead atoms. The zero-order valence-electron chi connectivity index (χ0n) is 12.2. The summed E-state index contributed by atoms with van der Waals surface area (Å²) in [7, 11) is 0. The Labute approximate surface area is 129 Å². The number of rotatable bonds is 5. The van der Waals surface area contributed by atoms with Crippen LogP contribution in [-0.4, -0.2) is 35.4 Å². The SMILES string of the molecule is O=C(C1CCCC(C(F)(F)F)C1)N(CCCCl)C1CCC1. The first kappa shape index (κ1) is 16.9. The first-order valence-electron chi connectivity index (χ1n) is 7.86. The topological polar surface area (TPSA) is 20.3 Å². The third-order valence-corrected chi connectivity index (χ3v) is 5.08. The van der Waals surface area contributed by atoms with E-state index in [1.807, 2.05) is 4.90 Å². The highest BCUT2D eigenvalue weighted by molar-refractivity contribution is 6.17. The van der Waals surface area contributed by atoms with Crippen molar-refractivity contribution in [1.82, 2.24) is 4.90 Å². The summed E-state index contributed by atoms with van der Waals surface area (Å²) in [5.74, 6) is -1.36. The monoisotopic (exact) mass is 325 g/mol. The number of halogens is 4. The molecule has 6 heteroatoms. The van der Waals surface area contributed by atoms with Gasteiger partial charge in [0.15, 0.2) is 0 Å². The Morgan fingerprint density at radius 2 is 1.81 bits per heavy atom. The van der Waals surface area contributed by atoms with Crippen molar-refractivity contribution in [3.63, 3.8) is 0 Å². The third-order valence-electron chi connectivity index (χ3n) is 4.82. The van der Waals surface area contributed by atoms with Crippen molar-refractivity contribution < 1.29 is 18.0 Å². The average Bonchev–Trinajstić information content (AvgIpc) is 2.39. The summed E-state index contributed by atoms with van der Waals surface area (Å²) in [4.78, 5) is 14.4. The molecule has 0 aliphatic heterocycles. The Balaban J connectivity index is 1.98. The number of hydrogen-bond acceptors (Lipinski definition) is 1. The lowest BCUT2D eigenvalue weighted by Gasteiger charge is -2.41. The minimum atomic E-state index is -4.17. The Bertz CT molecular complexity index is 357. The summed E-state index contributed by atoms with van der Waals surface area (Å²) in [5, 5.41) is 0. The van der Waals surface area contributed by atoms with Crippen LogP contribution in [-0.2, 0) is 4.79 Å². The average molecular weight is 326 g/mol. The van der Waals surface area contributed by atoms with Crippen molar-refractivity contribution in [2.45, 2.75) is 63.6 Å². The summed E-state index contributed by atoms with van der Waals surface area (Å²) in [6, 6.07) is 0.229. The first-order valence-corrected chi connectivity index (χ1v) is 8.40. The predicted molar refractivity (Wildman–Crippen MR) is 76.2 cm³/mol. The highest BCUT2D eigenvalue weighted by Gasteiger charge is 2.44. The minimum Gasteiger partial charge on any atom is -0.339 e. The molecule has 0 aromatic heterocycles. The fourth-order valence-electron chi connectivity index (χ4n) is 3.35. The van der Waals surface area contributed by atoms with E-state index in [0.717, 1.165) is 19.3 Å². The molecule has 2 atom stereocenters. The van der Waals surface area contributed by atoms with E-state index in [1.165, 1.54) is 0 Å². The molecule has 122 valence electrons. The van der Waals surface area contributed by atoms with Crippen LogP contribution in [0.1, 0.15) is 51.4 Å². The molecule has 0 aromatic carbocycles. The van der Waals surface area contributed by atoms with Crippen molar-refractivity contribution in [3.05, 3.63) is 0 Å². The second-order valence-corrected chi connectivity index (χ2v) is 6.64. The van der Waals surface area contributed by atoms with E-state index in [4.69, 9.17) is 11.6 Å². The molecule has 21 heavy (non-hydrogen) atoms. The number of alkyl halides is 4. The molecule has 0 spiro atoms. The number of carbonyl (C=O) groups is 1. The zero-order chi connectivity index (χ0) is 15.5. The Morgan fingerprint density at radius 3 is 2.33 bits per heavy atom. The number of amides is 1. The molecule has 2 aliphatic rings. The fraction of sp³-hybridized carbons (Fsp3) is 0.933. The van der Waals surface area contributed by atoms with Gasteiger partial charge in [-0.2, -0.15) is 13.2 Å². The lowest BCUT2D eigenvalue weighted by atomic mass is 9.79. The van der Waals surface area contributed by atoms with Gasteiger partial charge in [-0.25, -0.2) is 0 Å². The minimum absolute atomic E-state index is 0.0353. The maximum Gasteiger partial charge on any atom is 0.391 e. The van der Waals surface area contributed by atoms with Gasteiger partial charge in [0.05, 0.1) is 5.92 Å². The molecule has 0 radical (unpaired) electrons. The molecule has 0 saturated heterocycles. The van der Waals surface area contributed by atoms with Crippen molar-refractivity contribution in [1.29, 1.82) is 0 Å². The van der Waals surface area contributed by atoms with Crippen LogP contribution >= 0.6 is 11.6 Å². The number of nitrogens with zero attached hydrogens (tertiary/aromatic N) is 1. The van der Waals surface area contributed by atoms with Crippen LogP contribution < -0.4 is 0 Å². The van der Waals surface area contributed by atoms with Crippen LogP contribution in [0.5, 0.6) is 0 Å². The van der Waals surface area contributed by atoms with E-state index in [1.54, 1.807) is 0 Å². The van der Waals surface area contributed by atoms with E-state index in [-0.39, 0.29) is 24.8 Å². The summed E-state index contributed by atoms with van der Waals surface area (Å²) < 4.78 is 38.6. The molecule has 2 fully saturated rings. The fourth-order valence-corrected chi connectivity index (χ4v) is 3.47. The molecular weight excluding hydrogens is 303 g/mol. The Hall–Kier alpha value is -0.450. The normalized spacial score (nSPS) is 27.2. The van der Waals surface area contributed by atoms with Crippen LogP contribution in [0.4, 0.5) is 13.2 Å². The van der Waals surface area contributed by atoms with Crippen molar-refractivity contribution in [2.75, 3.05) is 12.4 Å². The van der Waals surface area contributed by atoms with Gasteiger partial charge in [0.25, 0.3) is 0 Å². The second-order valence-electron chi connectivity index (χ2n) is 6.26. The molecule has 2 saturated carbocycles. The molecular formula is C15H23ClF3NO. The van der Waals surface area contributed by atoms with Gasteiger partial charge in [-0.05, 0) is 44.9 Å². The van der Waals surface area contributed by atoms with E-state index in [9.17, 15) is 18.0 Å². The molecule has 2 nitrogen and oxygen atoms in total. The van der Waals surface area contributed by atoms with Crippen LogP contribution in [0.25, 0.3) is 0 Å². The van der Waals surface area contributed by atoms with Gasteiger partial charge in [0, 0.05) is 24.4 Å². The standard InChI is InChI=1S/C15H23ClF3NO/c16-8-3-9-20(13-6-2-7-13)14(21)11-4-1-5-12(10-11)15(17,18)19/h11-13H,1-10H2. The van der Waals surface area contributed by atoms with Gasteiger partial charge >= 0.3 is 6.18 Å². The number of hydrogen-bond donors (Lipinski definition) is 0. The summed E-state index contributed by atoms with van der Waals surface area (Å²) in [6.45, 7) is 0.584. The largest absolute Gasteiger partial charge is 0.391 e. The quantitative estimate of drug-likeness (QED) is 0.687. The zero-order valence-corrected chi connectivity index (χ0v) is 12.9. The predicted octanol–water partition coefficient (Wildman–Crippen LogP) is 4.37. The van der Waals surface area contributed by atoms with Crippen LogP contribution in [0.15, 0.2) is 0 Å². The highest BCUT2D eigenvalue weighted by atomic mass is 35.5. The van der Waals surface area contributed by atoms with Gasteiger partial charge in [-0.15, -0.1) is 11.6 Å². The smallest absolute Gasteiger partial charge is 0.339 e. The van der Waals surface area contributed by atoms with Gasteiger partial charge in [0.1, 0.15) is 0 Å². The Morgan fingerprint density at radius 1 is 1.14 bits per heavy atom. The van der Waals surface area contributed by atoms with Crippen molar-refractivity contribution in [2.24, 2.45) is 11.8 Å². The van der Waals surface area contributed by atoms with Gasteiger partial charge in [-0.1, -0.05) is 6.42 Å². The lowest BCUT2D eigenvalue weighted by molar-refractivity contribution is -0.187. The van der Waals surface area contributed by atoms with E-state index in [0.29, 0.717) is 31.7 Å². The van der Waals surface area contributed by atoms with Gasteiger partial charge < -0.3 is 4.90 Å². The molecule has 2 rings (SSSR count). The number of carbonyl (C=O) groups excluding carboxylic acids is 1. The third kappa shape index (κ3) is 4.27. The molecule has 2 aliphatic carbocycles. The van der Waals surface area contributed by atoms with Gasteiger partial charge in [0.2, 0.25) is 5.91 Å². The van der Waals surface area contributed by atoms with Crippen LogP contribution in [0.3, 0.4) is 0 Å². The van der Waals surface area contributed by atoms with Crippen molar-refractivity contribution >= 4 is 17.5 Å². The summed E-state index contributed by atoms with van der Waals surface area (Å²) in [5.41, 5.74) is 0. The first-order chi connectivity index (χ1) is 9.93. The molecule has 1 amide bonds. The maximum absolute atomic E-state index is 12.9. The van der Waals surface area contributed by atoms with Gasteiger partial charge in [-0.3, -0.25) is 4.79 Å². The van der Waals surface area contributed by atoms with Crippen LogP contribution in [0, 0.1) is 11.8 Å². The van der Waals surface area contributed by atoms with E-state index in [2.05, 4.69) is 0 Å². The molecule has 0 N–H and O–H groups in total. The second kappa shape index (κ2) is 7.21. The molecule has 0 heterocycles. The summed E-state index contributed by atoms with van der Waals surface area (Å²) in [6.07, 6.45) is 0.808. The van der Waals surface area contributed by atoms with Crippen molar-refractivity contribution in [3.8, 4) is 0 Å². The maximum atomic E-state index is 12.9. The Kier molecular flexibility index (Phi) is 5.81. The molecule has 0 aromatic rings. The highest BCUT2D eigenvalue weighted by Crippen LogP contribution is 2.41.